The third kappa shape index (κ3) is 2.70. The molecule has 1 aliphatic heterocycles. The van der Waals surface area contributed by atoms with E-state index in [1.54, 1.807) is 0 Å². The number of piperidine rings is 1. The van der Waals surface area contributed by atoms with Crippen molar-refractivity contribution in [2.75, 3.05) is 6.54 Å². The van der Waals surface area contributed by atoms with Gasteiger partial charge in [0.1, 0.15) is 0 Å². The number of aliphatic hydroxyl groups excluding tert-OH is 1. The fraction of sp³-hybridized carbons (Fsp3) is 0.750. The molecule has 3 unspecified atom stereocenters. The molecule has 1 heterocycles. The van der Waals surface area contributed by atoms with Crippen LogP contribution in [0.1, 0.15) is 52.4 Å². The molecule has 0 amide bonds. The zero-order chi connectivity index (χ0) is 13.0. The molecule has 2 aliphatic rings. The highest BCUT2D eigenvalue weighted by molar-refractivity contribution is 5.26. The van der Waals surface area contributed by atoms with Crippen LogP contribution in [0.5, 0.6) is 0 Å². The van der Waals surface area contributed by atoms with E-state index in [2.05, 4.69) is 37.4 Å². The predicted octanol–water partition coefficient (Wildman–Crippen LogP) is 3.18. The number of rotatable bonds is 4. The molecule has 0 aromatic rings. The minimum absolute atomic E-state index is 0.0741. The van der Waals surface area contributed by atoms with Gasteiger partial charge in [0.15, 0.2) is 0 Å². The summed E-state index contributed by atoms with van der Waals surface area (Å²) < 4.78 is 0. The molecule has 2 rings (SSSR count). The van der Waals surface area contributed by atoms with E-state index in [0.29, 0.717) is 6.04 Å². The van der Waals surface area contributed by atoms with Crippen molar-refractivity contribution in [3.8, 4) is 0 Å². The van der Waals surface area contributed by atoms with Gasteiger partial charge >= 0.3 is 0 Å². The van der Waals surface area contributed by atoms with Crippen LogP contribution in [0.2, 0.25) is 0 Å². The first kappa shape index (κ1) is 13.8. The Balaban J connectivity index is 2.21. The molecule has 0 spiro atoms. The van der Waals surface area contributed by atoms with E-state index in [-0.39, 0.29) is 11.5 Å². The highest BCUT2D eigenvalue weighted by atomic mass is 16.3. The van der Waals surface area contributed by atoms with E-state index >= 15 is 0 Å². The topological polar surface area (TPSA) is 32.3 Å². The number of aliphatic hydroxyl groups is 1. The summed E-state index contributed by atoms with van der Waals surface area (Å²) in [5, 5.41) is 14.3. The highest BCUT2D eigenvalue weighted by Crippen LogP contribution is 2.42. The summed E-state index contributed by atoms with van der Waals surface area (Å²) in [4.78, 5) is 0. The van der Waals surface area contributed by atoms with Gasteiger partial charge in [0.05, 0.1) is 6.10 Å². The van der Waals surface area contributed by atoms with Gasteiger partial charge in [0, 0.05) is 11.5 Å². The second kappa shape index (κ2) is 6.03. The van der Waals surface area contributed by atoms with Gasteiger partial charge in [-0.2, -0.15) is 0 Å². The summed E-state index contributed by atoms with van der Waals surface area (Å²) in [6, 6.07) is 0.438. The molecular formula is C16H27NO. The maximum absolute atomic E-state index is 10.7. The first-order valence-electron chi connectivity index (χ1n) is 7.45. The molecule has 0 aromatic carbocycles. The summed E-state index contributed by atoms with van der Waals surface area (Å²) in [5.74, 6) is 0. The normalized spacial score (nSPS) is 34.2. The average molecular weight is 249 g/mol. The van der Waals surface area contributed by atoms with Crippen LogP contribution < -0.4 is 5.32 Å². The molecule has 0 aromatic heterocycles. The second-order valence-electron chi connectivity index (χ2n) is 5.97. The van der Waals surface area contributed by atoms with Crippen molar-refractivity contribution in [3.05, 3.63) is 23.8 Å². The number of nitrogens with one attached hydrogen (secondary N) is 1. The van der Waals surface area contributed by atoms with E-state index in [1.165, 1.54) is 24.8 Å². The van der Waals surface area contributed by atoms with Crippen molar-refractivity contribution >= 4 is 0 Å². The monoisotopic (exact) mass is 249 g/mol. The summed E-state index contributed by atoms with van der Waals surface area (Å²) in [7, 11) is 0. The lowest BCUT2D eigenvalue weighted by atomic mass is 9.66. The van der Waals surface area contributed by atoms with Gasteiger partial charge in [-0.25, -0.2) is 0 Å². The maximum Gasteiger partial charge on any atom is 0.0649 e. The first-order valence-corrected chi connectivity index (χ1v) is 7.45. The Kier molecular flexibility index (Phi) is 4.63. The van der Waals surface area contributed by atoms with Crippen LogP contribution in [0.25, 0.3) is 0 Å². The predicted molar refractivity (Wildman–Crippen MR) is 76.5 cm³/mol. The third-order valence-electron chi connectivity index (χ3n) is 4.51. The summed E-state index contributed by atoms with van der Waals surface area (Å²) in [5.41, 5.74) is 1.31. The van der Waals surface area contributed by atoms with Crippen LogP contribution in [0.15, 0.2) is 23.8 Å². The standard InChI is InChI=1S/C16H27NO/c1-3-7-15(18)16(10-6-8-13(2)12-16)14-9-4-5-11-17-14/h6,8,10,14-15,17-18H,3-5,7,9,11-12H2,1-2H3. The van der Waals surface area contributed by atoms with Crippen LogP contribution in [0, 0.1) is 5.41 Å². The van der Waals surface area contributed by atoms with Crippen molar-refractivity contribution in [3.63, 3.8) is 0 Å². The zero-order valence-corrected chi connectivity index (χ0v) is 11.8. The van der Waals surface area contributed by atoms with Crippen molar-refractivity contribution in [2.45, 2.75) is 64.5 Å². The van der Waals surface area contributed by atoms with Crippen molar-refractivity contribution in [1.29, 1.82) is 0 Å². The van der Waals surface area contributed by atoms with E-state index in [9.17, 15) is 5.11 Å². The number of allylic oxidation sites excluding steroid dienone is 3. The van der Waals surface area contributed by atoms with Crippen LogP contribution in [0.3, 0.4) is 0 Å². The Bertz CT molecular complexity index is 328. The van der Waals surface area contributed by atoms with Crippen LogP contribution in [-0.4, -0.2) is 23.8 Å². The molecule has 102 valence electrons. The first-order chi connectivity index (χ1) is 8.69. The van der Waals surface area contributed by atoms with Crippen LogP contribution in [-0.2, 0) is 0 Å². The zero-order valence-electron chi connectivity index (χ0n) is 11.8. The van der Waals surface area contributed by atoms with Gasteiger partial charge in [0.2, 0.25) is 0 Å². The summed E-state index contributed by atoms with van der Waals surface area (Å²) in [6.45, 7) is 5.43. The fourth-order valence-electron chi connectivity index (χ4n) is 3.55. The lowest BCUT2D eigenvalue weighted by molar-refractivity contribution is 0.0156. The summed E-state index contributed by atoms with van der Waals surface area (Å²) in [6.07, 6.45) is 13.1. The van der Waals surface area contributed by atoms with Gasteiger partial charge in [-0.05, 0) is 39.2 Å². The molecule has 0 saturated carbocycles. The fourth-order valence-corrected chi connectivity index (χ4v) is 3.55. The molecule has 2 nitrogen and oxygen atoms in total. The van der Waals surface area contributed by atoms with Crippen molar-refractivity contribution in [2.24, 2.45) is 5.41 Å². The minimum atomic E-state index is -0.224. The second-order valence-corrected chi connectivity index (χ2v) is 5.97. The lowest BCUT2D eigenvalue weighted by Gasteiger charge is -2.46. The Morgan fingerprint density at radius 2 is 2.33 bits per heavy atom. The Morgan fingerprint density at radius 3 is 2.94 bits per heavy atom. The van der Waals surface area contributed by atoms with E-state index < -0.39 is 0 Å². The number of hydrogen-bond donors (Lipinski definition) is 2. The smallest absolute Gasteiger partial charge is 0.0649 e. The molecule has 0 radical (unpaired) electrons. The molecule has 3 atom stereocenters. The molecule has 18 heavy (non-hydrogen) atoms. The van der Waals surface area contributed by atoms with Crippen LogP contribution >= 0.6 is 0 Å². The maximum atomic E-state index is 10.7. The Labute approximate surface area is 111 Å². The van der Waals surface area contributed by atoms with Gasteiger partial charge < -0.3 is 10.4 Å². The SMILES string of the molecule is CCCC(O)C1(C2CCCCN2)C=CC=C(C)C1. The molecule has 2 N–H and O–H groups in total. The highest BCUT2D eigenvalue weighted by Gasteiger charge is 2.43. The Morgan fingerprint density at radius 1 is 1.50 bits per heavy atom. The van der Waals surface area contributed by atoms with Crippen molar-refractivity contribution in [1.82, 2.24) is 5.32 Å². The van der Waals surface area contributed by atoms with E-state index in [1.807, 2.05) is 0 Å². The van der Waals surface area contributed by atoms with Crippen LogP contribution in [0.4, 0.5) is 0 Å². The minimum Gasteiger partial charge on any atom is -0.392 e. The molecule has 1 aliphatic carbocycles. The third-order valence-corrected chi connectivity index (χ3v) is 4.51. The van der Waals surface area contributed by atoms with Gasteiger partial charge in [-0.1, -0.05) is 43.6 Å². The molecule has 2 heteroatoms. The lowest BCUT2D eigenvalue weighted by Crippen LogP contribution is -2.53. The Hall–Kier alpha value is -0.600. The largest absolute Gasteiger partial charge is 0.392 e. The average Bonchev–Trinajstić information content (AvgIpc) is 2.40. The molecule has 0 bridgehead atoms. The van der Waals surface area contributed by atoms with E-state index in [4.69, 9.17) is 0 Å². The quantitative estimate of drug-likeness (QED) is 0.802. The van der Waals surface area contributed by atoms with Crippen molar-refractivity contribution < 1.29 is 5.11 Å². The number of hydrogen-bond acceptors (Lipinski definition) is 2. The molecule has 1 fully saturated rings. The van der Waals surface area contributed by atoms with E-state index in [0.717, 1.165) is 25.8 Å². The van der Waals surface area contributed by atoms with Gasteiger partial charge in [-0.15, -0.1) is 0 Å². The molecular weight excluding hydrogens is 222 g/mol. The molecule has 1 saturated heterocycles. The van der Waals surface area contributed by atoms with Gasteiger partial charge in [0.25, 0.3) is 0 Å². The van der Waals surface area contributed by atoms with Gasteiger partial charge in [-0.3, -0.25) is 0 Å². The summed E-state index contributed by atoms with van der Waals surface area (Å²) >= 11 is 0.